The molecule has 1 aliphatic heterocycles. The lowest BCUT2D eigenvalue weighted by atomic mass is 9.66. The number of amides is 1. The van der Waals surface area contributed by atoms with Crippen molar-refractivity contribution in [3.63, 3.8) is 0 Å². The molecule has 4 nitrogen and oxygen atoms in total. The fraction of sp³-hybridized carbons (Fsp3) is 0.933. The maximum Gasteiger partial charge on any atom is 0.223 e. The van der Waals surface area contributed by atoms with E-state index in [1.54, 1.807) is 0 Å². The van der Waals surface area contributed by atoms with Crippen LogP contribution in [0.5, 0.6) is 0 Å². The third-order valence-electron chi connectivity index (χ3n) is 4.74. The van der Waals surface area contributed by atoms with Crippen LogP contribution in [0.2, 0.25) is 0 Å². The molecule has 0 atom stereocenters. The number of nitrogens with one attached hydrogen (secondary N) is 2. The zero-order chi connectivity index (χ0) is 13.6. The number of carbonyl (C=O) groups is 1. The van der Waals surface area contributed by atoms with Gasteiger partial charge in [0, 0.05) is 25.7 Å². The number of ether oxygens (including phenoxy) is 1. The molecule has 1 aliphatic carbocycles. The molecule has 0 unspecified atom stereocenters. The van der Waals surface area contributed by atoms with Gasteiger partial charge in [-0.15, -0.1) is 12.4 Å². The highest BCUT2D eigenvalue weighted by molar-refractivity contribution is 5.85. The zero-order valence-corrected chi connectivity index (χ0v) is 13.4. The van der Waals surface area contributed by atoms with Gasteiger partial charge in [-0.25, -0.2) is 0 Å². The lowest BCUT2D eigenvalue weighted by Crippen LogP contribution is -2.46. The summed E-state index contributed by atoms with van der Waals surface area (Å²) in [5.74, 6) is 0.495. The Morgan fingerprint density at radius 3 is 2.60 bits per heavy atom. The minimum absolute atomic E-state index is 0. The molecule has 118 valence electrons. The third-order valence-corrected chi connectivity index (χ3v) is 4.74. The van der Waals surface area contributed by atoms with Crippen molar-refractivity contribution < 1.29 is 9.53 Å². The van der Waals surface area contributed by atoms with Gasteiger partial charge in [0.15, 0.2) is 0 Å². The molecule has 2 fully saturated rings. The van der Waals surface area contributed by atoms with Gasteiger partial charge in [-0.2, -0.15) is 0 Å². The summed E-state index contributed by atoms with van der Waals surface area (Å²) in [6.07, 6.45) is 6.84. The van der Waals surface area contributed by atoms with Crippen LogP contribution in [-0.4, -0.2) is 38.8 Å². The van der Waals surface area contributed by atoms with Crippen molar-refractivity contribution in [1.29, 1.82) is 0 Å². The summed E-state index contributed by atoms with van der Waals surface area (Å²) >= 11 is 0. The molecule has 5 heteroatoms. The highest BCUT2D eigenvalue weighted by atomic mass is 35.5. The second-order valence-corrected chi connectivity index (χ2v) is 6.04. The first-order chi connectivity index (χ1) is 9.26. The van der Waals surface area contributed by atoms with Crippen molar-refractivity contribution in [3.05, 3.63) is 0 Å². The summed E-state index contributed by atoms with van der Waals surface area (Å²) in [6.45, 7) is 6.47. The number of hydrogen-bond acceptors (Lipinski definition) is 3. The molecule has 0 radical (unpaired) electrons. The summed E-state index contributed by atoms with van der Waals surface area (Å²) in [7, 11) is 0. The molecule has 0 aromatic heterocycles. The minimum atomic E-state index is 0. The van der Waals surface area contributed by atoms with Gasteiger partial charge in [-0.3, -0.25) is 4.79 Å². The number of carbonyl (C=O) groups excluding carboxylic acids is 1. The summed E-state index contributed by atoms with van der Waals surface area (Å²) in [4.78, 5) is 12.1. The van der Waals surface area contributed by atoms with Crippen LogP contribution in [0, 0.1) is 11.3 Å². The van der Waals surface area contributed by atoms with E-state index in [9.17, 15) is 4.79 Å². The smallest absolute Gasteiger partial charge is 0.223 e. The summed E-state index contributed by atoms with van der Waals surface area (Å²) in [5.41, 5.74) is 0.331. The summed E-state index contributed by atoms with van der Waals surface area (Å²) in [6, 6.07) is 0. The average Bonchev–Trinajstić information content (AvgIpc) is 2.41. The third kappa shape index (κ3) is 4.90. The largest absolute Gasteiger partial charge is 0.382 e. The number of halogens is 1. The van der Waals surface area contributed by atoms with E-state index in [1.807, 2.05) is 6.92 Å². The molecule has 0 bridgehead atoms. The normalized spacial score (nSPS) is 21.6. The Bertz CT molecular complexity index is 290. The van der Waals surface area contributed by atoms with Gasteiger partial charge in [0.05, 0.1) is 0 Å². The first-order valence-electron chi connectivity index (χ1n) is 7.82. The van der Waals surface area contributed by atoms with Gasteiger partial charge in [0.1, 0.15) is 0 Å². The van der Waals surface area contributed by atoms with E-state index in [1.165, 1.54) is 19.3 Å². The number of rotatable bonds is 7. The van der Waals surface area contributed by atoms with Gasteiger partial charge in [0.25, 0.3) is 0 Å². The molecule has 1 amide bonds. The van der Waals surface area contributed by atoms with Crippen molar-refractivity contribution in [2.45, 2.75) is 45.4 Å². The second-order valence-electron chi connectivity index (χ2n) is 6.04. The highest BCUT2D eigenvalue weighted by Crippen LogP contribution is 2.43. The predicted molar refractivity (Wildman–Crippen MR) is 83.2 cm³/mol. The monoisotopic (exact) mass is 304 g/mol. The van der Waals surface area contributed by atoms with E-state index < -0.39 is 0 Å². The van der Waals surface area contributed by atoms with Gasteiger partial charge in [0.2, 0.25) is 5.91 Å². The predicted octanol–water partition coefficient (Wildman–Crippen LogP) is 2.12. The Morgan fingerprint density at radius 1 is 1.35 bits per heavy atom. The van der Waals surface area contributed by atoms with E-state index in [-0.39, 0.29) is 24.2 Å². The van der Waals surface area contributed by atoms with E-state index >= 15 is 0 Å². The topological polar surface area (TPSA) is 50.4 Å². The molecular weight excluding hydrogens is 276 g/mol. The fourth-order valence-corrected chi connectivity index (χ4v) is 3.13. The van der Waals surface area contributed by atoms with Crippen molar-refractivity contribution in [3.8, 4) is 0 Å². The van der Waals surface area contributed by atoms with Crippen LogP contribution < -0.4 is 10.6 Å². The molecule has 1 saturated carbocycles. The van der Waals surface area contributed by atoms with Crippen LogP contribution in [0.4, 0.5) is 0 Å². The maximum atomic E-state index is 12.1. The molecule has 20 heavy (non-hydrogen) atoms. The minimum Gasteiger partial charge on any atom is -0.382 e. The van der Waals surface area contributed by atoms with Crippen LogP contribution in [0.15, 0.2) is 0 Å². The van der Waals surface area contributed by atoms with Crippen molar-refractivity contribution in [2.24, 2.45) is 11.3 Å². The van der Waals surface area contributed by atoms with Crippen molar-refractivity contribution in [2.75, 3.05) is 32.8 Å². The zero-order valence-electron chi connectivity index (χ0n) is 12.6. The first kappa shape index (κ1) is 17.7. The summed E-state index contributed by atoms with van der Waals surface area (Å²) < 4.78 is 5.47. The summed E-state index contributed by atoms with van der Waals surface area (Å²) in [5, 5.41) is 6.50. The van der Waals surface area contributed by atoms with Gasteiger partial charge >= 0.3 is 0 Å². The Hall–Kier alpha value is -0.320. The van der Waals surface area contributed by atoms with Gasteiger partial charge in [-0.05, 0) is 57.5 Å². The average molecular weight is 305 g/mol. The molecule has 0 aromatic rings. The van der Waals surface area contributed by atoms with Crippen molar-refractivity contribution >= 4 is 18.3 Å². The van der Waals surface area contributed by atoms with Gasteiger partial charge in [-0.1, -0.05) is 6.42 Å². The molecule has 0 spiro atoms. The fourth-order valence-electron chi connectivity index (χ4n) is 3.13. The van der Waals surface area contributed by atoms with Crippen molar-refractivity contribution in [1.82, 2.24) is 10.6 Å². The van der Waals surface area contributed by atoms with Crippen LogP contribution in [0.25, 0.3) is 0 Å². The second kappa shape index (κ2) is 8.85. The molecule has 1 heterocycles. The molecule has 1 saturated heterocycles. The SMILES string of the molecule is CCOCCC1(CNC(=O)C2CCNCC2)CCC1.Cl. The standard InChI is InChI=1S/C15H28N2O2.ClH/c1-2-19-11-8-15(6-3-7-15)12-17-14(18)13-4-9-16-10-5-13;/h13,16H,2-12H2,1H3,(H,17,18);1H. The van der Waals surface area contributed by atoms with Crippen LogP contribution in [0.3, 0.4) is 0 Å². The van der Waals surface area contributed by atoms with Crippen LogP contribution in [-0.2, 0) is 9.53 Å². The van der Waals surface area contributed by atoms with E-state index in [0.29, 0.717) is 5.41 Å². The first-order valence-corrected chi connectivity index (χ1v) is 7.82. The number of piperidine rings is 1. The molecular formula is C15H29ClN2O2. The van der Waals surface area contributed by atoms with E-state index in [0.717, 1.165) is 52.1 Å². The Morgan fingerprint density at radius 2 is 2.05 bits per heavy atom. The maximum absolute atomic E-state index is 12.1. The van der Waals surface area contributed by atoms with E-state index in [4.69, 9.17) is 4.74 Å². The Kier molecular flexibility index (Phi) is 7.85. The molecule has 0 aromatic carbocycles. The molecule has 2 aliphatic rings. The van der Waals surface area contributed by atoms with E-state index in [2.05, 4.69) is 10.6 Å². The van der Waals surface area contributed by atoms with Crippen LogP contribution in [0.1, 0.15) is 45.4 Å². The van der Waals surface area contributed by atoms with Gasteiger partial charge < -0.3 is 15.4 Å². The highest BCUT2D eigenvalue weighted by Gasteiger charge is 2.37. The van der Waals surface area contributed by atoms with Crippen LogP contribution >= 0.6 is 12.4 Å². The molecule has 2 rings (SSSR count). The molecule has 2 N–H and O–H groups in total. The Labute approximate surface area is 128 Å². The quantitative estimate of drug-likeness (QED) is 0.708. The number of hydrogen-bond donors (Lipinski definition) is 2. The lowest BCUT2D eigenvalue weighted by molar-refractivity contribution is -0.126. The lowest BCUT2D eigenvalue weighted by Gasteiger charge is -2.42. The Balaban J connectivity index is 0.00000200.